The third-order valence-electron chi connectivity index (χ3n) is 7.61. The molecule has 2 saturated heterocycles. The van der Waals surface area contributed by atoms with Gasteiger partial charge in [-0.3, -0.25) is 0 Å². The quantitative estimate of drug-likeness (QED) is 0.255. The zero-order valence-corrected chi connectivity index (χ0v) is 19.9. The van der Waals surface area contributed by atoms with Crippen LogP contribution >= 0.6 is 0 Å². The van der Waals surface area contributed by atoms with Crippen LogP contribution in [0.2, 0.25) is 0 Å². The smallest absolute Gasteiger partial charge is 0.309 e. The van der Waals surface area contributed by atoms with Crippen LogP contribution in [0.3, 0.4) is 0 Å². The predicted octanol–water partition coefficient (Wildman–Crippen LogP) is 5.74. The highest BCUT2D eigenvalue weighted by atomic mass is 16.2. The zero-order valence-electron chi connectivity index (χ0n) is 19.9. The number of nitrogens with zero attached hydrogens (tertiary/aromatic N) is 1. The molecule has 1 N–H and O–H groups in total. The Morgan fingerprint density at radius 2 is 1.34 bits per heavy atom. The maximum absolute atomic E-state index is 13.1. The number of carbonyl (C=O) groups excluding carboxylic acids is 2. The molecule has 4 nitrogen and oxygen atoms in total. The average Bonchev–Trinajstić information content (AvgIpc) is 2.94. The standard InChI is InChI=1S/C25H47N2O2/c1-6-7-8-9-10-11-12-13-14-15-18-27(23(28)16-17-24(27)29)22-19-25(4,5)26-21(3)20(22)2/h20-22,26H,6-19H2,1-5H3/q+1. The van der Waals surface area contributed by atoms with E-state index in [1.54, 1.807) is 0 Å². The van der Waals surface area contributed by atoms with E-state index in [4.69, 9.17) is 0 Å². The van der Waals surface area contributed by atoms with Crippen molar-refractivity contribution in [1.29, 1.82) is 0 Å². The van der Waals surface area contributed by atoms with Crippen molar-refractivity contribution < 1.29 is 14.1 Å². The van der Waals surface area contributed by atoms with Gasteiger partial charge in [0.05, 0.1) is 19.4 Å². The normalized spacial score (nSPS) is 28.8. The zero-order chi connectivity index (χ0) is 21.5. The first-order valence-corrected chi connectivity index (χ1v) is 12.5. The summed E-state index contributed by atoms with van der Waals surface area (Å²) in [6.45, 7) is 11.9. The first-order chi connectivity index (χ1) is 13.7. The second kappa shape index (κ2) is 11.0. The van der Waals surface area contributed by atoms with Gasteiger partial charge in [-0.05, 0) is 33.6 Å². The molecule has 0 saturated carbocycles. The number of likely N-dealkylation sites (tertiary alicyclic amines) is 1. The second-order valence-electron chi connectivity index (χ2n) is 10.5. The molecule has 0 aliphatic carbocycles. The first-order valence-electron chi connectivity index (χ1n) is 12.5. The number of hydrogen-bond donors (Lipinski definition) is 1. The molecule has 0 bridgehead atoms. The molecule has 3 atom stereocenters. The Morgan fingerprint density at radius 1 is 0.862 bits per heavy atom. The molecule has 4 heteroatoms. The molecule has 2 amide bonds. The van der Waals surface area contributed by atoms with Crippen molar-refractivity contribution in [1.82, 2.24) is 5.32 Å². The topological polar surface area (TPSA) is 46.2 Å². The van der Waals surface area contributed by atoms with E-state index >= 15 is 0 Å². The molecular weight excluding hydrogens is 360 g/mol. The number of amides is 2. The van der Waals surface area contributed by atoms with Crippen molar-refractivity contribution in [3.05, 3.63) is 0 Å². The lowest BCUT2D eigenvalue weighted by molar-refractivity contribution is -0.808. The lowest BCUT2D eigenvalue weighted by Crippen LogP contribution is -2.69. The molecule has 0 aromatic rings. The minimum Gasteiger partial charge on any atom is -0.309 e. The summed E-state index contributed by atoms with van der Waals surface area (Å²) in [6.07, 6.45) is 14.6. The van der Waals surface area contributed by atoms with Crippen molar-refractivity contribution in [2.24, 2.45) is 5.92 Å². The van der Waals surface area contributed by atoms with Crippen LogP contribution in [-0.4, -0.2) is 40.5 Å². The first kappa shape index (κ1) is 24.5. The van der Waals surface area contributed by atoms with Gasteiger partial charge in [0.1, 0.15) is 6.04 Å². The average molecular weight is 408 g/mol. The molecule has 2 rings (SSSR count). The van der Waals surface area contributed by atoms with Crippen molar-refractivity contribution in [2.75, 3.05) is 6.54 Å². The van der Waals surface area contributed by atoms with Gasteiger partial charge in [-0.2, -0.15) is 4.48 Å². The number of hydrogen-bond acceptors (Lipinski definition) is 3. The van der Waals surface area contributed by atoms with E-state index in [1.165, 1.54) is 51.4 Å². The molecule has 168 valence electrons. The number of imide groups is 1. The summed E-state index contributed by atoms with van der Waals surface area (Å²) in [4.78, 5) is 26.2. The fourth-order valence-electron chi connectivity index (χ4n) is 5.79. The number of piperidine rings is 1. The minimum absolute atomic E-state index is 0.0250. The van der Waals surface area contributed by atoms with Crippen LogP contribution in [-0.2, 0) is 9.59 Å². The van der Waals surface area contributed by atoms with Gasteiger partial charge in [0.25, 0.3) is 0 Å². The Morgan fingerprint density at radius 3 is 1.86 bits per heavy atom. The van der Waals surface area contributed by atoms with Crippen LogP contribution in [0.5, 0.6) is 0 Å². The Balaban J connectivity index is 1.89. The molecule has 2 heterocycles. The van der Waals surface area contributed by atoms with E-state index in [9.17, 15) is 9.59 Å². The van der Waals surface area contributed by atoms with Gasteiger partial charge in [-0.25, -0.2) is 9.59 Å². The van der Waals surface area contributed by atoms with E-state index in [2.05, 4.69) is 39.9 Å². The molecule has 3 unspecified atom stereocenters. The summed E-state index contributed by atoms with van der Waals surface area (Å²) in [7, 11) is 0. The third-order valence-corrected chi connectivity index (χ3v) is 7.61. The molecule has 2 fully saturated rings. The molecule has 2 aliphatic heterocycles. The molecule has 29 heavy (non-hydrogen) atoms. The van der Waals surface area contributed by atoms with Crippen LogP contribution in [0.4, 0.5) is 0 Å². The summed E-state index contributed by atoms with van der Waals surface area (Å²) in [5.41, 5.74) is -0.0250. The molecule has 0 aromatic carbocycles. The summed E-state index contributed by atoms with van der Waals surface area (Å²) < 4.78 is 0.146. The van der Waals surface area contributed by atoms with Crippen molar-refractivity contribution in [3.8, 4) is 0 Å². The van der Waals surface area contributed by atoms with E-state index in [1.807, 2.05) is 0 Å². The minimum atomic E-state index is -0.0250. The summed E-state index contributed by atoms with van der Waals surface area (Å²) in [5, 5.41) is 3.68. The van der Waals surface area contributed by atoms with E-state index < -0.39 is 0 Å². The Bertz CT molecular complexity index is 527. The molecule has 0 aromatic heterocycles. The second-order valence-corrected chi connectivity index (χ2v) is 10.5. The van der Waals surface area contributed by atoms with Crippen molar-refractivity contribution in [2.45, 2.75) is 136 Å². The van der Waals surface area contributed by atoms with Crippen LogP contribution < -0.4 is 5.32 Å². The van der Waals surface area contributed by atoms with Gasteiger partial charge in [0.2, 0.25) is 0 Å². The molecule has 2 aliphatic rings. The SMILES string of the molecule is CCCCCCCCCCCC[N+]1(C2CC(C)(C)NC(C)C2C)C(=O)CCC1=O. The maximum atomic E-state index is 13.1. The van der Waals surface area contributed by atoms with Crippen LogP contribution in [0.25, 0.3) is 0 Å². The highest BCUT2D eigenvalue weighted by molar-refractivity contribution is 5.92. The van der Waals surface area contributed by atoms with Crippen molar-refractivity contribution >= 4 is 11.8 Å². The third kappa shape index (κ3) is 6.13. The number of quaternary nitrogens is 1. The van der Waals surface area contributed by atoms with Crippen LogP contribution in [0.15, 0.2) is 0 Å². The lowest BCUT2D eigenvalue weighted by atomic mass is 9.77. The fourth-order valence-corrected chi connectivity index (χ4v) is 5.79. The highest BCUT2D eigenvalue weighted by Gasteiger charge is 2.58. The van der Waals surface area contributed by atoms with Crippen LogP contribution in [0.1, 0.15) is 118 Å². The monoisotopic (exact) mass is 407 g/mol. The molecule has 0 spiro atoms. The fraction of sp³-hybridized carbons (Fsp3) is 0.920. The van der Waals surface area contributed by atoms with Crippen molar-refractivity contribution in [3.63, 3.8) is 0 Å². The Hall–Kier alpha value is -0.740. The van der Waals surface area contributed by atoms with Gasteiger partial charge in [-0.15, -0.1) is 0 Å². The molecular formula is C25H47N2O2+. The highest BCUT2D eigenvalue weighted by Crippen LogP contribution is 2.39. The lowest BCUT2D eigenvalue weighted by Gasteiger charge is -2.50. The van der Waals surface area contributed by atoms with Gasteiger partial charge >= 0.3 is 11.8 Å². The van der Waals surface area contributed by atoms with E-state index in [0.717, 1.165) is 25.8 Å². The summed E-state index contributed by atoms with van der Waals surface area (Å²) >= 11 is 0. The number of carbonyl (C=O) groups is 2. The Labute approximate surface area is 179 Å². The predicted molar refractivity (Wildman–Crippen MR) is 120 cm³/mol. The largest absolute Gasteiger partial charge is 0.322 e. The van der Waals surface area contributed by atoms with Gasteiger partial charge in [0.15, 0.2) is 0 Å². The summed E-state index contributed by atoms with van der Waals surface area (Å²) in [5.74, 6) is 0.706. The Kier molecular flexibility index (Phi) is 9.34. The summed E-state index contributed by atoms with van der Waals surface area (Å²) in [6, 6.07) is 0.454. The van der Waals surface area contributed by atoms with Crippen LogP contribution in [0, 0.1) is 5.92 Å². The van der Waals surface area contributed by atoms with Gasteiger partial charge in [-0.1, -0.05) is 65.2 Å². The van der Waals surface area contributed by atoms with E-state index in [-0.39, 0.29) is 27.9 Å². The van der Waals surface area contributed by atoms with E-state index in [0.29, 0.717) is 24.8 Å². The number of rotatable bonds is 12. The van der Waals surface area contributed by atoms with Gasteiger partial charge < -0.3 is 5.32 Å². The number of unbranched alkanes of at least 4 members (excludes halogenated alkanes) is 9. The maximum Gasteiger partial charge on any atom is 0.322 e. The van der Waals surface area contributed by atoms with Gasteiger partial charge in [0, 0.05) is 23.9 Å². The molecule has 0 radical (unpaired) electrons. The number of nitrogens with one attached hydrogen (secondary N) is 1.